The van der Waals surface area contributed by atoms with Crippen LogP contribution in [0.25, 0.3) is 0 Å². The Labute approximate surface area is 164 Å². The van der Waals surface area contributed by atoms with E-state index in [1.54, 1.807) is 42.7 Å². The molecule has 0 spiro atoms. The van der Waals surface area contributed by atoms with E-state index in [2.05, 4.69) is 15.0 Å². The van der Waals surface area contributed by atoms with E-state index in [-0.39, 0.29) is 16.4 Å². The summed E-state index contributed by atoms with van der Waals surface area (Å²) in [5.41, 5.74) is 3.57. The van der Waals surface area contributed by atoms with Crippen LogP contribution in [0.3, 0.4) is 0 Å². The minimum atomic E-state index is -3.81. The van der Waals surface area contributed by atoms with E-state index >= 15 is 0 Å². The van der Waals surface area contributed by atoms with Crippen molar-refractivity contribution in [1.29, 1.82) is 0 Å². The first-order valence-corrected chi connectivity index (χ1v) is 10.2. The summed E-state index contributed by atoms with van der Waals surface area (Å²) in [4.78, 5) is 16.4. The average molecular weight is 395 g/mol. The first kappa shape index (κ1) is 19.6. The standard InChI is InChI=1S/C21H21N3O3S/c1-15-6-7-20(16(2)12-15)24-28(26,27)19-5-3-4-18(13-19)21(25)23-14-17-8-10-22-11-9-17/h3-13,24H,14H2,1-2H3,(H,23,25). The van der Waals surface area contributed by atoms with Gasteiger partial charge in [-0.15, -0.1) is 0 Å². The van der Waals surface area contributed by atoms with Gasteiger partial charge in [-0.25, -0.2) is 8.42 Å². The Morgan fingerprint density at radius 3 is 2.46 bits per heavy atom. The fourth-order valence-corrected chi connectivity index (χ4v) is 3.90. The Bertz CT molecular complexity index is 1100. The maximum atomic E-state index is 12.7. The van der Waals surface area contributed by atoms with Crippen molar-refractivity contribution in [3.63, 3.8) is 0 Å². The van der Waals surface area contributed by atoms with E-state index < -0.39 is 10.0 Å². The van der Waals surface area contributed by atoms with Crippen molar-refractivity contribution >= 4 is 21.6 Å². The highest BCUT2D eigenvalue weighted by molar-refractivity contribution is 7.92. The molecule has 1 aromatic heterocycles. The van der Waals surface area contributed by atoms with Gasteiger partial charge in [-0.05, 0) is 61.4 Å². The number of sulfonamides is 1. The summed E-state index contributed by atoms with van der Waals surface area (Å²) in [6, 6.07) is 15.0. The van der Waals surface area contributed by atoms with Gasteiger partial charge in [-0.2, -0.15) is 0 Å². The summed E-state index contributed by atoms with van der Waals surface area (Å²) in [5, 5.41) is 2.78. The molecule has 0 saturated heterocycles. The monoisotopic (exact) mass is 395 g/mol. The van der Waals surface area contributed by atoms with E-state index in [1.165, 1.54) is 12.1 Å². The molecule has 0 aliphatic heterocycles. The second-order valence-electron chi connectivity index (χ2n) is 6.49. The third-order valence-electron chi connectivity index (χ3n) is 4.24. The zero-order valence-corrected chi connectivity index (χ0v) is 16.5. The molecule has 144 valence electrons. The Hall–Kier alpha value is -3.19. The number of hydrogen-bond acceptors (Lipinski definition) is 4. The molecule has 6 nitrogen and oxygen atoms in total. The second kappa shape index (κ2) is 8.22. The molecule has 1 heterocycles. The topological polar surface area (TPSA) is 88.2 Å². The van der Waals surface area contributed by atoms with Crippen LogP contribution in [0.4, 0.5) is 5.69 Å². The third-order valence-corrected chi connectivity index (χ3v) is 5.60. The maximum absolute atomic E-state index is 12.7. The molecule has 7 heteroatoms. The molecule has 3 rings (SSSR count). The van der Waals surface area contributed by atoms with E-state index in [0.29, 0.717) is 12.2 Å². The van der Waals surface area contributed by atoms with Gasteiger partial charge in [0.05, 0.1) is 10.6 Å². The van der Waals surface area contributed by atoms with Crippen molar-refractivity contribution in [2.24, 2.45) is 0 Å². The van der Waals surface area contributed by atoms with Gasteiger partial charge in [0.1, 0.15) is 0 Å². The lowest BCUT2D eigenvalue weighted by atomic mass is 10.1. The number of hydrogen-bond donors (Lipinski definition) is 2. The predicted octanol–water partition coefficient (Wildman–Crippen LogP) is 3.43. The number of nitrogens with zero attached hydrogens (tertiary/aromatic N) is 1. The Kier molecular flexibility index (Phi) is 5.75. The van der Waals surface area contributed by atoms with Crippen LogP contribution in [-0.2, 0) is 16.6 Å². The van der Waals surface area contributed by atoms with Crippen LogP contribution in [0.15, 0.2) is 71.9 Å². The highest BCUT2D eigenvalue weighted by atomic mass is 32.2. The van der Waals surface area contributed by atoms with Crippen LogP contribution in [0.5, 0.6) is 0 Å². The van der Waals surface area contributed by atoms with Crippen LogP contribution >= 0.6 is 0 Å². The van der Waals surface area contributed by atoms with Gasteiger partial charge in [0, 0.05) is 24.5 Å². The molecule has 2 aromatic carbocycles. The molecule has 0 atom stereocenters. The molecule has 3 aromatic rings. The minimum absolute atomic E-state index is 0.0315. The predicted molar refractivity (Wildman–Crippen MR) is 109 cm³/mol. The molecule has 0 bridgehead atoms. The molecule has 0 fully saturated rings. The molecule has 2 N–H and O–H groups in total. The number of rotatable bonds is 6. The van der Waals surface area contributed by atoms with E-state index in [0.717, 1.165) is 16.7 Å². The fraction of sp³-hybridized carbons (Fsp3) is 0.143. The zero-order chi connectivity index (χ0) is 20.1. The quantitative estimate of drug-likeness (QED) is 0.669. The number of nitrogens with one attached hydrogen (secondary N) is 2. The lowest BCUT2D eigenvalue weighted by Crippen LogP contribution is -2.23. The molecule has 0 aliphatic rings. The molecule has 28 heavy (non-hydrogen) atoms. The van der Waals surface area contributed by atoms with E-state index in [9.17, 15) is 13.2 Å². The van der Waals surface area contributed by atoms with Gasteiger partial charge in [0.25, 0.3) is 15.9 Å². The molecular weight excluding hydrogens is 374 g/mol. The van der Waals surface area contributed by atoms with Crippen molar-refractivity contribution < 1.29 is 13.2 Å². The summed E-state index contributed by atoms with van der Waals surface area (Å²) in [6.07, 6.45) is 3.29. The maximum Gasteiger partial charge on any atom is 0.261 e. The molecule has 0 radical (unpaired) electrons. The molecule has 1 amide bonds. The van der Waals surface area contributed by atoms with Crippen LogP contribution in [-0.4, -0.2) is 19.3 Å². The van der Waals surface area contributed by atoms with Crippen molar-refractivity contribution in [3.8, 4) is 0 Å². The number of carbonyl (C=O) groups is 1. The SMILES string of the molecule is Cc1ccc(NS(=O)(=O)c2cccc(C(=O)NCc3ccncc3)c2)c(C)c1. The average Bonchev–Trinajstić information content (AvgIpc) is 2.69. The molecular formula is C21H21N3O3S. The Morgan fingerprint density at radius 2 is 1.75 bits per heavy atom. The number of pyridine rings is 1. The summed E-state index contributed by atoms with van der Waals surface area (Å²) in [7, 11) is -3.81. The van der Waals surface area contributed by atoms with Gasteiger partial charge in [-0.3, -0.25) is 14.5 Å². The van der Waals surface area contributed by atoms with Crippen molar-refractivity contribution in [3.05, 3.63) is 89.2 Å². The van der Waals surface area contributed by atoms with Crippen molar-refractivity contribution in [2.45, 2.75) is 25.3 Å². The van der Waals surface area contributed by atoms with E-state index in [4.69, 9.17) is 0 Å². The van der Waals surface area contributed by atoms with Crippen LogP contribution in [0.2, 0.25) is 0 Å². The Balaban J connectivity index is 1.76. The van der Waals surface area contributed by atoms with Gasteiger partial charge < -0.3 is 5.32 Å². The molecule has 0 saturated carbocycles. The number of benzene rings is 2. The first-order chi connectivity index (χ1) is 13.3. The Morgan fingerprint density at radius 1 is 1.00 bits per heavy atom. The zero-order valence-electron chi connectivity index (χ0n) is 15.6. The van der Waals surface area contributed by atoms with Gasteiger partial charge in [0.2, 0.25) is 0 Å². The van der Waals surface area contributed by atoms with Crippen molar-refractivity contribution in [2.75, 3.05) is 4.72 Å². The normalized spacial score (nSPS) is 11.1. The highest BCUT2D eigenvalue weighted by Gasteiger charge is 2.17. The number of aromatic nitrogens is 1. The fourth-order valence-electron chi connectivity index (χ4n) is 2.72. The first-order valence-electron chi connectivity index (χ1n) is 8.72. The highest BCUT2D eigenvalue weighted by Crippen LogP contribution is 2.21. The third kappa shape index (κ3) is 4.75. The lowest BCUT2D eigenvalue weighted by molar-refractivity contribution is 0.0950. The number of aryl methyl sites for hydroxylation is 2. The molecule has 0 aliphatic carbocycles. The van der Waals surface area contributed by atoms with Crippen LogP contribution < -0.4 is 10.0 Å². The number of carbonyl (C=O) groups excluding carboxylic acids is 1. The van der Waals surface area contributed by atoms with Crippen LogP contribution in [0, 0.1) is 13.8 Å². The summed E-state index contributed by atoms with van der Waals surface area (Å²) < 4.78 is 28.1. The minimum Gasteiger partial charge on any atom is -0.348 e. The number of amides is 1. The summed E-state index contributed by atoms with van der Waals surface area (Å²) >= 11 is 0. The number of anilines is 1. The summed E-state index contributed by atoms with van der Waals surface area (Å²) in [6.45, 7) is 4.12. The largest absolute Gasteiger partial charge is 0.348 e. The molecule has 0 unspecified atom stereocenters. The van der Waals surface area contributed by atoms with Gasteiger partial charge >= 0.3 is 0 Å². The summed E-state index contributed by atoms with van der Waals surface area (Å²) in [5.74, 6) is -0.347. The van der Waals surface area contributed by atoms with Gasteiger partial charge in [0.15, 0.2) is 0 Å². The van der Waals surface area contributed by atoms with E-state index in [1.807, 2.05) is 26.0 Å². The van der Waals surface area contributed by atoms with Crippen LogP contribution in [0.1, 0.15) is 27.0 Å². The van der Waals surface area contributed by atoms with Crippen molar-refractivity contribution in [1.82, 2.24) is 10.3 Å². The second-order valence-corrected chi connectivity index (χ2v) is 8.17. The van der Waals surface area contributed by atoms with Gasteiger partial charge in [-0.1, -0.05) is 23.8 Å². The lowest BCUT2D eigenvalue weighted by Gasteiger charge is -2.12. The smallest absolute Gasteiger partial charge is 0.261 e.